The molecule has 0 aromatic carbocycles. The highest BCUT2D eigenvalue weighted by Crippen LogP contribution is 2.21. The minimum absolute atomic E-state index is 0.128. The molecule has 0 atom stereocenters. The van der Waals surface area contributed by atoms with Gasteiger partial charge in [0.25, 0.3) is 0 Å². The lowest BCUT2D eigenvalue weighted by molar-refractivity contribution is -0.153. The molecule has 0 aliphatic rings. The van der Waals surface area contributed by atoms with Gasteiger partial charge < -0.3 is 10.1 Å². The first-order chi connectivity index (χ1) is 8.17. The van der Waals surface area contributed by atoms with Crippen LogP contribution in [0.5, 0.6) is 5.75 Å². The predicted octanol–water partition coefficient (Wildman–Crippen LogP) is 2.91. The topological polar surface area (TPSA) is 34.2 Å². The second kappa shape index (κ2) is 5.56. The Morgan fingerprint density at radius 1 is 1.28 bits per heavy atom. The van der Waals surface area contributed by atoms with Crippen LogP contribution in [0.15, 0.2) is 18.5 Å². The van der Waals surface area contributed by atoms with E-state index < -0.39 is 12.8 Å². The van der Waals surface area contributed by atoms with Gasteiger partial charge in [0, 0.05) is 30.0 Å². The molecule has 18 heavy (non-hydrogen) atoms. The third-order valence-electron chi connectivity index (χ3n) is 2.06. The molecule has 0 bridgehead atoms. The van der Waals surface area contributed by atoms with Gasteiger partial charge in [0.05, 0.1) is 0 Å². The van der Waals surface area contributed by atoms with Gasteiger partial charge in [-0.1, -0.05) is 0 Å². The van der Waals surface area contributed by atoms with Crippen molar-refractivity contribution in [1.82, 2.24) is 10.3 Å². The van der Waals surface area contributed by atoms with Gasteiger partial charge >= 0.3 is 6.18 Å². The van der Waals surface area contributed by atoms with Crippen LogP contribution >= 0.6 is 0 Å². The minimum Gasteiger partial charge on any atom is -0.484 e. The highest BCUT2D eigenvalue weighted by molar-refractivity contribution is 5.30. The molecule has 0 unspecified atom stereocenters. The fourth-order valence-corrected chi connectivity index (χ4v) is 1.21. The number of ether oxygens (including phenoxy) is 1. The molecule has 0 spiro atoms. The number of rotatable bonds is 4. The number of hydrogen-bond donors (Lipinski definition) is 1. The second-order valence-electron chi connectivity index (χ2n) is 4.99. The molecular formula is C12H17F3N2O. The van der Waals surface area contributed by atoms with Crippen molar-refractivity contribution in [3.05, 3.63) is 24.0 Å². The summed E-state index contributed by atoms with van der Waals surface area (Å²) in [6.07, 6.45) is -1.42. The average Bonchev–Trinajstić information content (AvgIpc) is 2.22. The Morgan fingerprint density at radius 2 is 1.94 bits per heavy atom. The average molecular weight is 262 g/mol. The zero-order valence-electron chi connectivity index (χ0n) is 10.6. The van der Waals surface area contributed by atoms with Crippen molar-refractivity contribution in [3.63, 3.8) is 0 Å². The highest BCUT2D eigenvalue weighted by Gasteiger charge is 2.28. The number of alkyl halides is 3. The Balaban J connectivity index is 2.68. The molecule has 1 heterocycles. The van der Waals surface area contributed by atoms with E-state index in [1.165, 1.54) is 18.5 Å². The van der Waals surface area contributed by atoms with Crippen LogP contribution in [-0.2, 0) is 6.54 Å². The lowest BCUT2D eigenvalue weighted by Gasteiger charge is -2.21. The van der Waals surface area contributed by atoms with Crippen molar-refractivity contribution in [1.29, 1.82) is 0 Å². The van der Waals surface area contributed by atoms with Gasteiger partial charge in [-0.15, -0.1) is 0 Å². The molecule has 0 aliphatic carbocycles. The van der Waals surface area contributed by atoms with Crippen LogP contribution in [0.25, 0.3) is 0 Å². The van der Waals surface area contributed by atoms with Crippen molar-refractivity contribution in [2.45, 2.75) is 39.0 Å². The van der Waals surface area contributed by atoms with Gasteiger partial charge in [0.2, 0.25) is 0 Å². The Kier molecular flexibility index (Phi) is 4.56. The lowest BCUT2D eigenvalue weighted by atomic mass is 10.1. The molecule has 0 saturated heterocycles. The van der Waals surface area contributed by atoms with Crippen molar-refractivity contribution < 1.29 is 17.9 Å². The van der Waals surface area contributed by atoms with Crippen molar-refractivity contribution in [2.75, 3.05) is 6.61 Å². The van der Waals surface area contributed by atoms with Crippen molar-refractivity contribution >= 4 is 0 Å². The maximum atomic E-state index is 12.1. The van der Waals surface area contributed by atoms with Gasteiger partial charge in [0.15, 0.2) is 6.61 Å². The van der Waals surface area contributed by atoms with E-state index in [1.54, 1.807) is 0 Å². The highest BCUT2D eigenvalue weighted by atomic mass is 19.4. The number of pyridine rings is 1. The van der Waals surface area contributed by atoms with Crippen LogP contribution in [0, 0.1) is 0 Å². The zero-order valence-corrected chi connectivity index (χ0v) is 10.6. The monoisotopic (exact) mass is 262 g/mol. The quantitative estimate of drug-likeness (QED) is 0.906. The summed E-state index contributed by atoms with van der Waals surface area (Å²) in [7, 11) is 0. The van der Waals surface area contributed by atoms with Crippen molar-refractivity contribution in [2.24, 2.45) is 0 Å². The largest absolute Gasteiger partial charge is 0.484 e. The normalized spacial score (nSPS) is 12.6. The van der Waals surface area contributed by atoms with Gasteiger partial charge in [-0.2, -0.15) is 13.2 Å². The molecule has 0 fully saturated rings. The van der Waals surface area contributed by atoms with E-state index >= 15 is 0 Å². The number of aromatic nitrogens is 1. The molecule has 1 N–H and O–H groups in total. The molecule has 0 amide bonds. The van der Waals surface area contributed by atoms with Crippen LogP contribution in [0.1, 0.15) is 26.3 Å². The first-order valence-electron chi connectivity index (χ1n) is 5.55. The third-order valence-corrected chi connectivity index (χ3v) is 2.06. The summed E-state index contributed by atoms with van der Waals surface area (Å²) in [6.45, 7) is 5.03. The molecule has 1 aromatic rings. The standard InChI is InChI=1S/C12H17F3N2O/c1-11(2,3)17-7-9-6-16-5-4-10(9)18-8-12(13,14)15/h4-6,17H,7-8H2,1-3H3. The van der Waals surface area contributed by atoms with Crippen molar-refractivity contribution in [3.8, 4) is 5.75 Å². The summed E-state index contributed by atoms with van der Waals surface area (Å²) in [5.74, 6) is 0.207. The SMILES string of the molecule is CC(C)(C)NCc1cnccc1OCC(F)(F)F. The Morgan fingerprint density at radius 3 is 2.50 bits per heavy atom. The van der Waals surface area contributed by atoms with Crippen LogP contribution in [-0.4, -0.2) is 23.3 Å². The lowest BCUT2D eigenvalue weighted by Crippen LogP contribution is -2.35. The van der Waals surface area contributed by atoms with Gasteiger partial charge in [-0.3, -0.25) is 4.98 Å². The maximum Gasteiger partial charge on any atom is 0.422 e. The summed E-state index contributed by atoms with van der Waals surface area (Å²) in [6, 6.07) is 1.44. The van der Waals surface area contributed by atoms with Crippen LogP contribution in [0.3, 0.4) is 0 Å². The maximum absolute atomic E-state index is 12.1. The summed E-state index contributed by atoms with van der Waals surface area (Å²) in [5.41, 5.74) is 0.480. The third kappa shape index (κ3) is 5.86. The minimum atomic E-state index is -4.34. The van der Waals surface area contributed by atoms with Crippen LogP contribution in [0.2, 0.25) is 0 Å². The van der Waals surface area contributed by atoms with Gasteiger partial charge in [-0.05, 0) is 26.8 Å². The smallest absolute Gasteiger partial charge is 0.422 e. The Hall–Kier alpha value is -1.30. The zero-order chi connectivity index (χ0) is 13.8. The van der Waals surface area contributed by atoms with E-state index in [-0.39, 0.29) is 11.3 Å². The molecule has 6 heteroatoms. The van der Waals surface area contributed by atoms with E-state index in [0.717, 1.165) is 0 Å². The summed E-state index contributed by atoms with van der Waals surface area (Å²) in [4.78, 5) is 3.89. The number of nitrogens with zero attached hydrogens (tertiary/aromatic N) is 1. The summed E-state index contributed by atoms with van der Waals surface area (Å²) < 4.78 is 41.0. The first-order valence-corrected chi connectivity index (χ1v) is 5.55. The summed E-state index contributed by atoms with van der Waals surface area (Å²) in [5, 5.41) is 3.17. The molecule has 0 saturated carbocycles. The van der Waals surface area contributed by atoms with E-state index in [0.29, 0.717) is 12.1 Å². The molecule has 0 aliphatic heterocycles. The molecule has 3 nitrogen and oxygen atoms in total. The molecule has 0 radical (unpaired) electrons. The Bertz CT molecular complexity index is 349. The van der Waals surface area contributed by atoms with Crippen LogP contribution < -0.4 is 10.1 Å². The molecule has 102 valence electrons. The van der Waals surface area contributed by atoms with Crippen LogP contribution in [0.4, 0.5) is 13.2 Å². The number of nitrogens with one attached hydrogen (secondary N) is 1. The van der Waals surface area contributed by atoms with E-state index in [2.05, 4.69) is 10.3 Å². The van der Waals surface area contributed by atoms with Gasteiger partial charge in [0.1, 0.15) is 5.75 Å². The fraction of sp³-hybridized carbons (Fsp3) is 0.583. The predicted molar refractivity (Wildman–Crippen MR) is 62.4 cm³/mol. The van der Waals surface area contributed by atoms with E-state index in [4.69, 9.17) is 4.74 Å². The number of hydrogen-bond acceptors (Lipinski definition) is 3. The summed E-state index contributed by atoms with van der Waals surface area (Å²) >= 11 is 0. The van der Waals surface area contributed by atoms with Gasteiger partial charge in [-0.25, -0.2) is 0 Å². The fourth-order valence-electron chi connectivity index (χ4n) is 1.21. The molecule has 1 rings (SSSR count). The number of halogens is 3. The second-order valence-corrected chi connectivity index (χ2v) is 4.99. The van der Waals surface area contributed by atoms with E-state index in [1.807, 2.05) is 20.8 Å². The van der Waals surface area contributed by atoms with E-state index in [9.17, 15) is 13.2 Å². The molecular weight excluding hydrogens is 245 g/mol. The first kappa shape index (κ1) is 14.8. The Labute approximate surface area is 104 Å². The molecule has 1 aromatic heterocycles.